The van der Waals surface area contributed by atoms with Crippen molar-refractivity contribution in [3.05, 3.63) is 120 Å². The van der Waals surface area contributed by atoms with Crippen molar-refractivity contribution in [1.82, 2.24) is 10.2 Å². The first-order valence-electron chi connectivity index (χ1n) is 14.9. The van der Waals surface area contributed by atoms with Crippen molar-refractivity contribution >= 4 is 39.1 Å². The minimum atomic E-state index is -4.19. The van der Waals surface area contributed by atoms with Gasteiger partial charge in [0.25, 0.3) is 10.0 Å². The molecule has 0 aliphatic rings. The summed E-state index contributed by atoms with van der Waals surface area (Å²) < 4.78 is 35.1. The Hall–Kier alpha value is -4.34. The maximum absolute atomic E-state index is 14.3. The van der Waals surface area contributed by atoms with E-state index in [1.165, 1.54) is 17.0 Å². The number of nitrogens with one attached hydrogen (secondary N) is 1. The van der Waals surface area contributed by atoms with Crippen molar-refractivity contribution < 1.29 is 22.7 Å². The van der Waals surface area contributed by atoms with Gasteiger partial charge in [-0.2, -0.15) is 0 Å². The summed E-state index contributed by atoms with van der Waals surface area (Å²) in [6.07, 6.45) is 1.03. The molecule has 8 nitrogen and oxygen atoms in total. The molecule has 0 heterocycles. The molecule has 4 rings (SSSR count). The molecule has 10 heteroatoms. The first kappa shape index (κ1) is 33.6. The molecule has 2 atom stereocenters. The second-order valence-electron chi connectivity index (χ2n) is 10.6. The molecule has 0 fully saturated rings. The Bertz CT molecular complexity index is 1670. The second kappa shape index (κ2) is 15.6. The van der Waals surface area contributed by atoms with Gasteiger partial charge in [-0.1, -0.05) is 80.0 Å². The van der Waals surface area contributed by atoms with Crippen molar-refractivity contribution in [3.8, 4) is 11.5 Å². The van der Waals surface area contributed by atoms with Crippen LogP contribution in [0.1, 0.15) is 39.2 Å². The quantitative estimate of drug-likeness (QED) is 0.158. The van der Waals surface area contributed by atoms with Crippen LogP contribution in [-0.2, 0) is 26.2 Å². The highest BCUT2D eigenvalue weighted by molar-refractivity contribution is 7.92. The number of amides is 2. The van der Waals surface area contributed by atoms with Crippen LogP contribution < -0.4 is 14.4 Å². The second-order valence-corrected chi connectivity index (χ2v) is 12.9. The van der Waals surface area contributed by atoms with Crippen LogP contribution >= 0.6 is 11.6 Å². The van der Waals surface area contributed by atoms with Gasteiger partial charge in [0, 0.05) is 17.6 Å². The third-order valence-corrected chi connectivity index (χ3v) is 9.56. The van der Waals surface area contributed by atoms with E-state index < -0.39 is 28.5 Å². The van der Waals surface area contributed by atoms with E-state index in [-0.39, 0.29) is 29.1 Å². The molecule has 0 spiro atoms. The molecule has 1 N–H and O–H groups in total. The Balaban J connectivity index is 1.72. The maximum atomic E-state index is 14.3. The van der Waals surface area contributed by atoms with E-state index in [2.05, 4.69) is 5.32 Å². The molecule has 0 aliphatic carbocycles. The van der Waals surface area contributed by atoms with Gasteiger partial charge in [-0.15, -0.1) is 0 Å². The van der Waals surface area contributed by atoms with Crippen LogP contribution in [0.3, 0.4) is 0 Å². The Morgan fingerprint density at radius 3 is 1.98 bits per heavy atom. The van der Waals surface area contributed by atoms with E-state index in [1.807, 2.05) is 51.1 Å². The number of carbonyl (C=O) groups is 2. The topological polar surface area (TPSA) is 96.0 Å². The highest BCUT2D eigenvalue weighted by Gasteiger charge is 2.34. The van der Waals surface area contributed by atoms with Crippen molar-refractivity contribution in [1.29, 1.82) is 0 Å². The first-order chi connectivity index (χ1) is 21.6. The number of hydrogen-bond donors (Lipinski definition) is 1. The third-order valence-electron chi connectivity index (χ3n) is 7.40. The monoisotopic (exact) mass is 647 g/mol. The van der Waals surface area contributed by atoms with Gasteiger partial charge in [0.1, 0.15) is 24.1 Å². The highest BCUT2D eigenvalue weighted by Crippen LogP contribution is 2.29. The largest absolute Gasteiger partial charge is 0.457 e. The summed E-state index contributed by atoms with van der Waals surface area (Å²) in [5, 5.41) is 3.41. The van der Waals surface area contributed by atoms with E-state index in [9.17, 15) is 18.0 Å². The number of benzene rings is 4. The molecule has 0 saturated carbocycles. The van der Waals surface area contributed by atoms with E-state index in [0.717, 1.165) is 4.31 Å². The smallest absolute Gasteiger partial charge is 0.264 e. The van der Waals surface area contributed by atoms with E-state index in [4.69, 9.17) is 16.3 Å². The van der Waals surface area contributed by atoms with Crippen molar-refractivity contribution in [2.75, 3.05) is 10.8 Å². The van der Waals surface area contributed by atoms with Crippen molar-refractivity contribution in [3.63, 3.8) is 0 Å². The fourth-order valence-corrected chi connectivity index (χ4v) is 6.35. The average Bonchev–Trinajstić information content (AvgIpc) is 3.05. The number of halogens is 1. The predicted octanol–water partition coefficient (Wildman–Crippen LogP) is 7.05. The van der Waals surface area contributed by atoms with Crippen LogP contribution in [0.2, 0.25) is 5.02 Å². The first-order valence-corrected chi connectivity index (χ1v) is 16.7. The number of para-hydroxylation sites is 1. The zero-order chi connectivity index (χ0) is 32.4. The van der Waals surface area contributed by atoms with Crippen LogP contribution in [0.15, 0.2) is 114 Å². The van der Waals surface area contributed by atoms with Gasteiger partial charge in [0.05, 0.1) is 10.6 Å². The lowest BCUT2D eigenvalue weighted by atomic mass is 10.1. The number of hydrogen-bond acceptors (Lipinski definition) is 5. The summed E-state index contributed by atoms with van der Waals surface area (Å²) in [6, 6.07) is 29.8. The van der Waals surface area contributed by atoms with Crippen LogP contribution in [0.25, 0.3) is 0 Å². The van der Waals surface area contributed by atoms with Gasteiger partial charge in [-0.05, 0) is 79.9 Å². The molecule has 0 bridgehead atoms. The lowest BCUT2D eigenvalue weighted by molar-refractivity contribution is -0.140. The van der Waals surface area contributed by atoms with Crippen molar-refractivity contribution in [2.45, 2.75) is 57.1 Å². The summed E-state index contributed by atoms with van der Waals surface area (Å²) in [6.45, 7) is 5.14. The van der Waals surface area contributed by atoms with E-state index in [0.29, 0.717) is 34.9 Å². The highest BCUT2D eigenvalue weighted by atomic mass is 35.5. The standard InChI is InChI=1S/C35H38ClN3O5S/c1-4-26(3)37-35(41)33(5-2)38(24-27-14-12-13-19-32(27)36)34(40)25-39(45(42,43)31-17-10-7-11-18-31)28-20-22-30(23-21-28)44-29-15-8-6-9-16-29/h6-23,26,33H,4-5,24-25H2,1-3H3,(H,37,41). The molecule has 0 saturated heterocycles. The molecule has 4 aromatic carbocycles. The lowest BCUT2D eigenvalue weighted by Gasteiger charge is -2.34. The summed E-state index contributed by atoms with van der Waals surface area (Å²) in [7, 11) is -4.19. The van der Waals surface area contributed by atoms with Gasteiger partial charge in [-0.3, -0.25) is 13.9 Å². The van der Waals surface area contributed by atoms with Crippen molar-refractivity contribution in [2.24, 2.45) is 0 Å². The maximum Gasteiger partial charge on any atom is 0.264 e. The normalized spacial score (nSPS) is 12.5. The molecule has 236 valence electrons. The SMILES string of the molecule is CCC(C)NC(=O)C(CC)N(Cc1ccccc1Cl)C(=O)CN(c1ccc(Oc2ccccc2)cc1)S(=O)(=O)c1ccccc1. The van der Waals surface area contributed by atoms with E-state index >= 15 is 0 Å². The summed E-state index contributed by atoms with van der Waals surface area (Å²) in [5.41, 5.74) is 0.907. The van der Waals surface area contributed by atoms with Crippen LogP contribution in [0, 0.1) is 0 Å². The van der Waals surface area contributed by atoms with Gasteiger partial charge in [-0.25, -0.2) is 8.42 Å². The molecule has 2 unspecified atom stereocenters. The molecule has 45 heavy (non-hydrogen) atoms. The minimum Gasteiger partial charge on any atom is -0.457 e. The van der Waals surface area contributed by atoms with Gasteiger partial charge < -0.3 is 15.0 Å². The van der Waals surface area contributed by atoms with E-state index in [1.54, 1.807) is 66.7 Å². The zero-order valence-corrected chi connectivity index (χ0v) is 27.2. The fourth-order valence-electron chi connectivity index (χ4n) is 4.72. The predicted molar refractivity (Wildman–Crippen MR) is 178 cm³/mol. The number of ether oxygens (including phenoxy) is 1. The zero-order valence-electron chi connectivity index (χ0n) is 25.6. The molecule has 4 aromatic rings. The van der Waals surface area contributed by atoms with Crippen LogP contribution in [0.5, 0.6) is 11.5 Å². The number of anilines is 1. The third kappa shape index (κ3) is 8.65. The summed E-state index contributed by atoms with van der Waals surface area (Å²) in [5.74, 6) is 0.268. The number of sulfonamides is 1. The minimum absolute atomic E-state index is 0.0218. The molecular weight excluding hydrogens is 610 g/mol. The van der Waals surface area contributed by atoms with Gasteiger partial charge in [0.15, 0.2) is 0 Å². The molecule has 0 radical (unpaired) electrons. The lowest BCUT2D eigenvalue weighted by Crippen LogP contribution is -2.53. The summed E-state index contributed by atoms with van der Waals surface area (Å²) in [4.78, 5) is 29.1. The Labute approximate surface area is 270 Å². The van der Waals surface area contributed by atoms with Gasteiger partial charge >= 0.3 is 0 Å². The number of carbonyl (C=O) groups excluding carboxylic acids is 2. The Morgan fingerprint density at radius 2 is 1.38 bits per heavy atom. The van der Waals surface area contributed by atoms with Crippen LogP contribution in [-0.4, -0.2) is 43.8 Å². The Kier molecular flexibility index (Phi) is 11.6. The Morgan fingerprint density at radius 1 is 0.800 bits per heavy atom. The molecular formula is C35H38ClN3O5S. The molecule has 0 aliphatic heterocycles. The number of nitrogens with zero attached hydrogens (tertiary/aromatic N) is 2. The average molecular weight is 648 g/mol. The van der Waals surface area contributed by atoms with Crippen LogP contribution in [0.4, 0.5) is 5.69 Å². The summed E-state index contributed by atoms with van der Waals surface area (Å²) >= 11 is 6.48. The number of rotatable bonds is 14. The molecule has 2 amide bonds. The molecule has 0 aromatic heterocycles. The fraction of sp³-hybridized carbons (Fsp3) is 0.257. The van der Waals surface area contributed by atoms with Gasteiger partial charge in [0.2, 0.25) is 11.8 Å².